The van der Waals surface area contributed by atoms with E-state index in [0.717, 1.165) is 38.3 Å². The quantitative estimate of drug-likeness (QED) is 0.811. The predicted octanol–water partition coefficient (Wildman–Crippen LogP) is 1.09. The standard InChI is InChI=1S/C14H23N3O3S/c1-10-13(6-12(15)7-14(10)21(16,18)19)17(2)8-11-4-3-5-20-9-11/h6-7,11H,3-5,8-9,15H2,1-2H3,(H2,16,18,19). The molecule has 1 atom stereocenters. The Morgan fingerprint density at radius 2 is 2.14 bits per heavy atom. The molecule has 2 rings (SSSR count). The number of nitrogen functional groups attached to an aromatic ring is 1. The molecule has 1 unspecified atom stereocenters. The first-order valence-electron chi connectivity index (χ1n) is 7.01. The number of hydrogen-bond acceptors (Lipinski definition) is 5. The number of nitrogens with zero attached hydrogens (tertiary/aromatic N) is 1. The minimum Gasteiger partial charge on any atom is -0.399 e. The normalized spacial score (nSPS) is 19.5. The zero-order valence-corrected chi connectivity index (χ0v) is 13.3. The van der Waals surface area contributed by atoms with E-state index in [1.54, 1.807) is 13.0 Å². The van der Waals surface area contributed by atoms with Crippen LogP contribution in [-0.2, 0) is 14.8 Å². The molecule has 0 saturated carbocycles. The highest BCUT2D eigenvalue weighted by molar-refractivity contribution is 7.89. The molecule has 0 spiro atoms. The molecule has 118 valence electrons. The average Bonchev–Trinajstić information content (AvgIpc) is 2.40. The lowest BCUT2D eigenvalue weighted by molar-refractivity contribution is 0.0576. The third-order valence-corrected chi connectivity index (χ3v) is 4.90. The van der Waals surface area contributed by atoms with Crippen LogP contribution in [0.25, 0.3) is 0 Å². The van der Waals surface area contributed by atoms with Gasteiger partial charge >= 0.3 is 0 Å². The molecule has 4 N–H and O–H groups in total. The first kappa shape index (κ1) is 16.1. The molecule has 1 fully saturated rings. The van der Waals surface area contributed by atoms with E-state index in [-0.39, 0.29) is 4.90 Å². The number of benzene rings is 1. The van der Waals surface area contributed by atoms with Crippen LogP contribution in [0.15, 0.2) is 17.0 Å². The van der Waals surface area contributed by atoms with E-state index in [9.17, 15) is 8.42 Å². The first-order chi connectivity index (χ1) is 9.79. The van der Waals surface area contributed by atoms with Crippen LogP contribution < -0.4 is 15.8 Å². The second kappa shape index (κ2) is 6.21. The lowest BCUT2D eigenvalue weighted by Crippen LogP contribution is -2.31. The van der Waals surface area contributed by atoms with Gasteiger partial charge in [-0.1, -0.05) is 0 Å². The van der Waals surface area contributed by atoms with Crippen molar-refractivity contribution in [2.75, 3.05) is 37.4 Å². The fourth-order valence-corrected chi connectivity index (χ4v) is 3.65. The molecule has 6 nitrogen and oxygen atoms in total. The van der Waals surface area contributed by atoms with Crippen LogP contribution in [-0.4, -0.2) is 35.2 Å². The van der Waals surface area contributed by atoms with Crippen molar-refractivity contribution in [3.05, 3.63) is 17.7 Å². The largest absolute Gasteiger partial charge is 0.399 e. The number of nitrogens with two attached hydrogens (primary N) is 2. The summed E-state index contributed by atoms with van der Waals surface area (Å²) in [6, 6.07) is 3.19. The molecule has 0 amide bonds. The lowest BCUT2D eigenvalue weighted by atomic mass is 10.0. The van der Waals surface area contributed by atoms with Crippen molar-refractivity contribution in [3.8, 4) is 0 Å². The van der Waals surface area contributed by atoms with Crippen LogP contribution in [0.4, 0.5) is 11.4 Å². The second-order valence-corrected chi connectivity index (χ2v) is 7.20. The fourth-order valence-electron chi connectivity index (χ4n) is 2.82. The molecular formula is C14H23N3O3S. The summed E-state index contributed by atoms with van der Waals surface area (Å²) >= 11 is 0. The molecule has 0 radical (unpaired) electrons. The number of primary sulfonamides is 1. The zero-order valence-electron chi connectivity index (χ0n) is 12.5. The molecule has 0 bridgehead atoms. The van der Waals surface area contributed by atoms with Crippen molar-refractivity contribution in [2.24, 2.45) is 11.1 Å². The smallest absolute Gasteiger partial charge is 0.238 e. The molecule has 1 aromatic carbocycles. The van der Waals surface area contributed by atoms with Crippen molar-refractivity contribution in [1.82, 2.24) is 0 Å². The van der Waals surface area contributed by atoms with E-state index >= 15 is 0 Å². The summed E-state index contributed by atoms with van der Waals surface area (Å²) in [6.07, 6.45) is 2.19. The number of ether oxygens (including phenoxy) is 1. The summed E-state index contributed by atoms with van der Waals surface area (Å²) in [5.41, 5.74) is 7.65. The van der Waals surface area contributed by atoms with Gasteiger partial charge in [-0.3, -0.25) is 0 Å². The Labute approximate surface area is 126 Å². The summed E-state index contributed by atoms with van der Waals surface area (Å²) in [4.78, 5) is 2.11. The number of sulfonamides is 1. The highest BCUT2D eigenvalue weighted by atomic mass is 32.2. The lowest BCUT2D eigenvalue weighted by Gasteiger charge is -2.30. The number of hydrogen-bond donors (Lipinski definition) is 2. The Hall–Kier alpha value is -1.31. The second-order valence-electron chi connectivity index (χ2n) is 5.67. The van der Waals surface area contributed by atoms with Gasteiger partial charge in [-0.25, -0.2) is 13.6 Å². The molecule has 1 saturated heterocycles. The van der Waals surface area contributed by atoms with Gasteiger partial charge in [0.1, 0.15) is 0 Å². The van der Waals surface area contributed by atoms with E-state index < -0.39 is 10.0 Å². The van der Waals surface area contributed by atoms with Crippen LogP contribution in [0.2, 0.25) is 0 Å². The van der Waals surface area contributed by atoms with Gasteiger partial charge in [0, 0.05) is 31.6 Å². The summed E-state index contributed by atoms with van der Waals surface area (Å²) in [5, 5.41) is 5.26. The highest BCUT2D eigenvalue weighted by Gasteiger charge is 2.20. The van der Waals surface area contributed by atoms with E-state index in [2.05, 4.69) is 0 Å². The maximum Gasteiger partial charge on any atom is 0.238 e. The molecule has 21 heavy (non-hydrogen) atoms. The van der Waals surface area contributed by atoms with Crippen molar-refractivity contribution >= 4 is 21.4 Å². The number of anilines is 2. The SMILES string of the molecule is Cc1c(N(C)CC2CCCOC2)cc(N)cc1S(N)(=O)=O. The van der Waals surface area contributed by atoms with Crippen molar-refractivity contribution < 1.29 is 13.2 Å². The van der Waals surface area contributed by atoms with Crippen LogP contribution >= 0.6 is 0 Å². The van der Waals surface area contributed by atoms with Crippen molar-refractivity contribution in [2.45, 2.75) is 24.7 Å². The molecule has 0 aliphatic carbocycles. The van der Waals surface area contributed by atoms with Gasteiger partial charge in [0.05, 0.1) is 11.5 Å². The summed E-state index contributed by atoms with van der Waals surface area (Å²) in [6.45, 7) is 4.12. The molecule has 1 heterocycles. The Balaban J connectivity index is 2.28. The van der Waals surface area contributed by atoms with E-state index in [1.165, 1.54) is 6.07 Å². The third kappa shape index (κ3) is 3.87. The molecule has 1 aromatic rings. The summed E-state index contributed by atoms with van der Waals surface area (Å²) in [5.74, 6) is 0.447. The Bertz CT molecular complexity index is 610. The number of rotatable bonds is 4. The molecule has 7 heteroatoms. The van der Waals surface area contributed by atoms with Crippen LogP contribution in [0.1, 0.15) is 18.4 Å². The molecular weight excluding hydrogens is 290 g/mol. The third-order valence-electron chi connectivity index (χ3n) is 3.86. The Morgan fingerprint density at radius 3 is 2.71 bits per heavy atom. The minimum atomic E-state index is -3.78. The van der Waals surface area contributed by atoms with Gasteiger partial charge in [0.15, 0.2) is 0 Å². The van der Waals surface area contributed by atoms with Crippen LogP contribution in [0.3, 0.4) is 0 Å². The van der Waals surface area contributed by atoms with Crippen molar-refractivity contribution in [1.29, 1.82) is 0 Å². The van der Waals surface area contributed by atoms with Gasteiger partial charge in [-0.15, -0.1) is 0 Å². The minimum absolute atomic E-state index is 0.0873. The van der Waals surface area contributed by atoms with Gasteiger partial charge in [-0.05, 0) is 43.4 Å². The zero-order chi connectivity index (χ0) is 15.6. The maximum absolute atomic E-state index is 11.7. The predicted molar refractivity (Wildman–Crippen MR) is 83.8 cm³/mol. The Kier molecular flexibility index (Phi) is 4.75. The summed E-state index contributed by atoms with van der Waals surface area (Å²) in [7, 11) is -1.84. The van der Waals surface area contributed by atoms with E-state index in [1.807, 2.05) is 11.9 Å². The van der Waals surface area contributed by atoms with Crippen LogP contribution in [0, 0.1) is 12.8 Å². The molecule has 1 aliphatic rings. The van der Waals surface area contributed by atoms with Crippen molar-refractivity contribution in [3.63, 3.8) is 0 Å². The van der Waals surface area contributed by atoms with E-state index in [0.29, 0.717) is 17.2 Å². The summed E-state index contributed by atoms with van der Waals surface area (Å²) < 4.78 is 28.8. The van der Waals surface area contributed by atoms with Crippen LogP contribution in [0.5, 0.6) is 0 Å². The fraction of sp³-hybridized carbons (Fsp3) is 0.571. The first-order valence-corrected chi connectivity index (χ1v) is 8.55. The topological polar surface area (TPSA) is 98.7 Å². The van der Waals surface area contributed by atoms with Gasteiger partial charge in [-0.2, -0.15) is 0 Å². The highest BCUT2D eigenvalue weighted by Crippen LogP contribution is 2.29. The van der Waals surface area contributed by atoms with Gasteiger partial charge < -0.3 is 15.4 Å². The monoisotopic (exact) mass is 313 g/mol. The van der Waals surface area contributed by atoms with Gasteiger partial charge in [0.2, 0.25) is 10.0 Å². The van der Waals surface area contributed by atoms with Gasteiger partial charge in [0.25, 0.3) is 0 Å². The average molecular weight is 313 g/mol. The Morgan fingerprint density at radius 1 is 1.43 bits per heavy atom. The molecule has 0 aromatic heterocycles. The van der Waals surface area contributed by atoms with E-state index in [4.69, 9.17) is 15.6 Å². The molecule has 1 aliphatic heterocycles. The maximum atomic E-state index is 11.7.